The lowest BCUT2D eigenvalue weighted by molar-refractivity contribution is 0.0709. The summed E-state index contributed by atoms with van der Waals surface area (Å²) in [5, 5.41) is 4.59. The summed E-state index contributed by atoms with van der Waals surface area (Å²) in [5.74, 6) is 1.25. The van der Waals surface area contributed by atoms with Crippen LogP contribution < -0.4 is 10.6 Å². The standard InChI is InChI=1S/C22H31N5O2/c1-24(2)18-10-8-17(9-11-18)21(28)26-14-12-16(13-15-26)20-23-25(3)22(29)27(20)19-6-4-5-7-19/h8-11,16,19H,4-7,12-15H2,1-3H3. The topological polar surface area (TPSA) is 63.4 Å². The Morgan fingerprint density at radius 3 is 2.24 bits per heavy atom. The predicted molar refractivity (Wildman–Crippen MR) is 114 cm³/mol. The molecule has 0 bridgehead atoms. The number of nitrogens with zero attached hydrogens (tertiary/aromatic N) is 5. The molecule has 0 atom stereocenters. The fraction of sp³-hybridized carbons (Fsp3) is 0.591. The molecule has 0 radical (unpaired) electrons. The third-order valence-corrected chi connectivity index (χ3v) is 6.45. The zero-order valence-electron chi connectivity index (χ0n) is 17.7. The van der Waals surface area contributed by atoms with E-state index in [9.17, 15) is 9.59 Å². The molecule has 2 aliphatic rings. The smallest absolute Gasteiger partial charge is 0.345 e. The number of benzene rings is 1. The Kier molecular flexibility index (Phi) is 5.48. The van der Waals surface area contributed by atoms with Gasteiger partial charge in [0.2, 0.25) is 0 Å². The zero-order chi connectivity index (χ0) is 20.5. The highest BCUT2D eigenvalue weighted by molar-refractivity contribution is 5.94. The Balaban J connectivity index is 1.45. The van der Waals surface area contributed by atoms with Crippen molar-refractivity contribution in [1.82, 2.24) is 19.2 Å². The number of likely N-dealkylation sites (tertiary alicyclic amines) is 1. The van der Waals surface area contributed by atoms with Crippen molar-refractivity contribution in [2.24, 2.45) is 7.05 Å². The minimum Gasteiger partial charge on any atom is -0.378 e. The van der Waals surface area contributed by atoms with Gasteiger partial charge in [0.25, 0.3) is 5.91 Å². The third kappa shape index (κ3) is 3.82. The Morgan fingerprint density at radius 1 is 1.03 bits per heavy atom. The van der Waals surface area contributed by atoms with E-state index in [-0.39, 0.29) is 17.5 Å². The van der Waals surface area contributed by atoms with Crippen molar-refractivity contribution in [3.63, 3.8) is 0 Å². The Bertz CT molecular complexity index is 914. The second-order valence-corrected chi connectivity index (χ2v) is 8.58. The van der Waals surface area contributed by atoms with Crippen LogP contribution in [-0.4, -0.2) is 52.3 Å². The molecule has 29 heavy (non-hydrogen) atoms. The second-order valence-electron chi connectivity index (χ2n) is 8.58. The molecule has 0 spiro atoms. The molecule has 0 N–H and O–H groups in total. The number of aryl methyl sites for hydroxylation is 1. The van der Waals surface area contributed by atoms with Crippen LogP contribution in [-0.2, 0) is 7.05 Å². The summed E-state index contributed by atoms with van der Waals surface area (Å²) in [5.41, 5.74) is 1.82. The molecule has 4 rings (SSSR count). The quantitative estimate of drug-likeness (QED) is 0.796. The fourth-order valence-electron chi connectivity index (χ4n) is 4.71. The molecule has 2 aromatic rings. The average molecular weight is 398 g/mol. The molecule has 2 fully saturated rings. The number of hydrogen-bond donors (Lipinski definition) is 0. The maximum absolute atomic E-state index is 12.9. The second kappa shape index (κ2) is 8.05. The minimum atomic E-state index is 0.00591. The summed E-state index contributed by atoms with van der Waals surface area (Å²) in [6, 6.07) is 8.06. The van der Waals surface area contributed by atoms with E-state index in [0.717, 1.165) is 42.8 Å². The summed E-state index contributed by atoms with van der Waals surface area (Å²) in [6.45, 7) is 1.41. The van der Waals surface area contributed by atoms with Crippen LogP contribution in [0, 0.1) is 0 Å². The largest absolute Gasteiger partial charge is 0.378 e. The van der Waals surface area contributed by atoms with Crippen molar-refractivity contribution in [2.75, 3.05) is 32.1 Å². The first-order valence-electron chi connectivity index (χ1n) is 10.7. The lowest BCUT2D eigenvalue weighted by atomic mass is 9.95. The van der Waals surface area contributed by atoms with Gasteiger partial charge in [0.15, 0.2) is 0 Å². The molecule has 7 nitrogen and oxygen atoms in total. The van der Waals surface area contributed by atoms with E-state index >= 15 is 0 Å². The van der Waals surface area contributed by atoms with Crippen molar-refractivity contribution < 1.29 is 4.79 Å². The Labute approximate surface area is 171 Å². The number of piperidine rings is 1. The number of aromatic nitrogens is 3. The van der Waals surface area contributed by atoms with E-state index in [2.05, 4.69) is 5.10 Å². The van der Waals surface area contributed by atoms with E-state index in [1.165, 1.54) is 17.5 Å². The van der Waals surface area contributed by atoms with Crippen LogP contribution in [0.15, 0.2) is 29.1 Å². The molecule has 1 aromatic heterocycles. The van der Waals surface area contributed by atoms with E-state index in [1.54, 1.807) is 7.05 Å². The molecule has 2 heterocycles. The van der Waals surface area contributed by atoms with Gasteiger partial charge >= 0.3 is 5.69 Å². The number of carbonyl (C=O) groups is 1. The lowest BCUT2D eigenvalue weighted by Crippen LogP contribution is -2.38. The number of rotatable bonds is 4. The molecular weight excluding hydrogens is 366 g/mol. The highest BCUT2D eigenvalue weighted by Gasteiger charge is 2.31. The minimum absolute atomic E-state index is 0.00591. The maximum Gasteiger partial charge on any atom is 0.345 e. The van der Waals surface area contributed by atoms with Crippen molar-refractivity contribution in [3.05, 3.63) is 46.1 Å². The van der Waals surface area contributed by atoms with Crippen LogP contribution in [0.25, 0.3) is 0 Å². The molecule has 7 heteroatoms. The number of carbonyl (C=O) groups excluding carboxylic acids is 1. The monoisotopic (exact) mass is 397 g/mol. The van der Waals surface area contributed by atoms with Gasteiger partial charge in [0, 0.05) is 57.4 Å². The molecule has 1 saturated carbocycles. The first kappa shape index (κ1) is 19.7. The molecule has 1 saturated heterocycles. The van der Waals surface area contributed by atoms with Crippen LogP contribution in [0.3, 0.4) is 0 Å². The van der Waals surface area contributed by atoms with Gasteiger partial charge < -0.3 is 9.80 Å². The Hall–Kier alpha value is -2.57. The van der Waals surface area contributed by atoms with Crippen LogP contribution in [0.4, 0.5) is 5.69 Å². The molecule has 1 aliphatic carbocycles. The SMILES string of the molecule is CN(C)c1ccc(C(=O)N2CCC(c3nn(C)c(=O)n3C3CCCC3)CC2)cc1. The first-order valence-corrected chi connectivity index (χ1v) is 10.7. The van der Waals surface area contributed by atoms with Crippen LogP contribution in [0.2, 0.25) is 0 Å². The van der Waals surface area contributed by atoms with Gasteiger partial charge in [0.05, 0.1) is 0 Å². The van der Waals surface area contributed by atoms with Gasteiger partial charge in [-0.1, -0.05) is 12.8 Å². The van der Waals surface area contributed by atoms with Gasteiger partial charge in [-0.05, 0) is 49.9 Å². The first-order chi connectivity index (χ1) is 14.0. The summed E-state index contributed by atoms with van der Waals surface area (Å²) in [7, 11) is 5.72. The fourth-order valence-corrected chi connectivity index (χ4v) is 4.71. The van der Waals surface area contributed by atoms with Gasteiger partial charge in [-0.2, -0.15) is 5.10 Å². The maximum atomic E-state index is 12.9. The van der Waals surface area contributed by atoms with Crippen molar-refractivity contribution in [2.45, 2.75) is 50.5 Å². The summed E-state index contributed by atoms with van der Waals surface area (Å²) in [6.07, 6.45) is 6.21. The van der Waals surface area contributed by atoms with Crippen LogP contribution >= 0.6 is 0 Å². The van der Waals surface area contributed by atoms with Crippen molar-refractivity contribution in [1.29, 1.82) is 0 Å². The summed E-state index contributed by atoms with van der Waals surface area (Å²) >= 11 is 0. The van der Waals surface area contributed by atoms with E-state index in [0.29, 0.717) is 19.1 Å². The average Bonchev–Trinajstić information content (AvgIpc) is 3.36. The predicted octanol–water partition coefficient (Wildman–Crippen LogP) is 2.78. The molecule has 0 unspecified atom stereocenters. The molecule has 1 aromatic carbocycles. The highest BCUT2D eigenvalue weighted by Crippen LogP contribution is 2.33. The summed E-state index contributed by atoms with van der Waals surface area (Å²) < 4.78 is 3.44. The highest BCUT2D eigenvalue weighted by atomic mass is 16.2. The van der Waals surface area contributed by atoms with E-state index in [1.807, 2.05) is 52.7 Å². The van der Waals surface area contributed by atoms with Gasteiger partial charge in [-0.25, -0.2) is 9.48 Å². The van der Waals surface area contributed by atoms with Gasteiger partial charge in [-0.3, -0.25) is 9.36 Å². The zero-order valence-corrected chi connectivity index (χ0v) is 17.7. The number of amides is 1. The van der Waals surface area contributed by atoms with Crippen LogP contribution in [0.5, 0.6) is 0 Å². The molecule has 1 aliphatic heterocycles. The van der Waals surface area contributed by atoms with Gasteiger partial charge in [0.1, 0.15) is 5.82 Å². The van der Waals surface area contributed by atoms with Crippen molar-refractivity contribution in [3.8, 4) is 0 Å². The molecular formula is C22H31N5O2. The number of hydrogen-bond acceptors (Lipinski definition) is 4. The third-order valence-electron chi connectivity index (χ3n) is 6.45. The van der Waals surface area contributed by atoms with E-state index in [4.69, 9.17) is 0 Å². The Morgan fingerprint density at radius 2 is 1.66 bits per heavy atom. The van der Waals surface area contributed by atoms with Gasteiger partial charge in [-0.15, -0.1) is 0 Å². The molecule has 1 amide bonds. The normalized spacial score (nSPS) is 18.4. The van der Waals surface area contributed by atoms with Crippen LogP contribution in [0.1, 0.15) is 66.7 Å². The summed E-state index contributed by atoms with van der Waals surface area (Å²) in [4.78, 5) is 29.5. The lowest BCUT2D eigenvalue weighted by Gasteiger charge is -2.32. The number of anilines is 1. The molecule has 156 valence electrons. The van der Waals surface area contributed by atoms with E-state index < -0.39 is 0 Å². The van der Waals surface area contributed by atoms with Crippen molar-refractivity contribution >= 4 is 11.6 Å².